The van der Waals surface area contributed by atoms with Crippen molar-refractivity contribution in [1.82, 2.24) is 9.88 Å². The first-order valence-corrected chi connectivity index (χ1v) is 6.38. The Balaban J connectivity index is 2.14. The van der Waals surface area contributed by atoms with Gasteiger partial charge in [0.1, 0.15) is 0 Å². The molecule has 2 heterocycles. The van der Waals surface area contributed by atoms with E-state index in [0.717, 1.165) is 17.0 Å². The van der Waals surface area contributed by atoms with Crippen LogP contribution in [-0.2, 0) is 17.8 Å². The molecular weight excluding hydrogens is 250 g/mol. The number of rotatable bonds is 3. The number of hydrogen-bond donors (Lipinski definition) is 2. The number of aliphatic imine (C=N–C) groups is 1. The molecule has 0 saturated heterocycles. The monoisotopic (exact) mass is 265 g/mol. The minimum atomic E-state index is 0.000636. The molecule has 0 fully saturated rings. The van der Waals surface area contributed by atoms with Crippen LogP contribution in [0.3, 0.4) is 0 Å². The molecule has 1 aromatic heterocycles. The van der Waals surface area contributed by atoms with Gasteiger partial charge in [-0.25, -0.2) is 4.98 Å². The lowest BCUT2D eigenvalue weighted by Crippen LogP contribution is -2.35. The summed E-state index contributed by atoms with van der Waals surface area (Å²) in [6.07, 6.45) is 2.74. The molecule has 1 aromatic rings. The molecule has 0 spiro atoms. The van der Waals surface area contributed by atoms with Crippen LogP contribution >= 0.6 is 11.3 Å². The molecule has 0 saturated carbocycles. The van der Waals surface area contributed by atoms with Crippen LogP contribution < -0.4 is 11.5 Å². The lowest BCUT2D eigenvalue weighted by atomic mass is 10.1. The van der Waals surface area contributed by atoms with Gasteiger partial charge in [-0.15, -0.1) is 6.58 Å². The first-order chi connectivity index (χ1) is 8.60. The van der Waals surface area contributed by atoms with Crippen molar-refractivity contribution in [3.63, 3.8) is 0 Å². The maximum absolute atomic E-state index is 11.8. The second-order valence-corrected chi connectivity index (χ2v) is 5.02. The maximum Gasteiger partial charge on any atom is 0.226 e. The minimum absolute atomic E-state index is 0.000636. The summed E-state index contributed by atoms with van der Waals surface area (Å²) in [5, 5.41) is 0.554. The van der Waals surface area contributed by atoms with Crippen LogP contribution in [-0.4, -0.2) is 28.3 Å². The van der Waals surface area contributed by atoms with Crippen LogP contribution in [0.1, 0.15) is 17.0 Å². The molecule has 2 rings (SSSR count). The summed E-state index contributed by atoms with van der Waals surface area (Å²) in [5.74, 6) is 0.0909. The Hall–Kier alpha value is -1.89. The van der Waals surface area contributed by atoms with E-state index in [4.69, 9.17) is 11.5 Å². The van der Waals surface area contributed by atoms with Gasteiger partial charge in [-0.2, -0.15) is 4.99 Å². The van der Waals surface area contributed by atoms with Crippen molar-refractivity contribution >= 4 is 28.3 Å². The van der Waals surface area contributed by atoms with Gasteiger partial charge in [-0.05, 0) is 0 Å². The van der Waals surface area contributed by atoms with Gasteiger partial charge in [-0.3, -0.25) is 4.79 Å². The maximum atomic E-state index is 11.8. The van der Waals surface area contributed by atoms with Crippen LogP contribution in [0.25, 0.3) is 0 Å². The molecule has 4 N–H and O–H groups in total. The number of nitrogens with zero attached hydrogens (tertiary/aromatic N) is 3. The predicted molar refractivity (Wildman–Crippen MR) is 71.5 cm³/mol. The van der Waals surface area contributed by atoms with E-state index in [-0.39, 0.29) is 11.9 Å². The quantitative estimate of drug-likeness (QED) is 0.472. The van der Waals surface area contributed by atoms with E-state index in [0.29, 0.717) is 24.6 Å². The van der Waals surface area contributed by atoms with Crippen molar-refractivity contribution in [1.29, 1.82) is 0 Å². The fourth-order valence-corrected chi connectivity index (χ4v) is 2.82. The fraction of sp³-hybridized carbons (Fsp3) is 0.364. The van der Waals surface area contributed by atoms with Gasteiger partial charge in [0.15, 0.2) is 5.96 Å². The molecular formula is C11H15N5OS. The van der Waals surface area contributed by atoms with Gasteiger partial charge in [0, 0.05) is 24.3 Å². The highest BCUT2D eigenvalue weighted by Crippen LogP contribution is 2.30. The highest BCUT2D eigenvalue weighted by Gasteiger charge is 2.23. The number of aromatic nitrogens is 1. The van der Waals surface area contributed by atoms with E-state index in [1.165, 1.54) is 11.3 Å². The van der Waals surface area contributed by atoms with Crippen molar-refractivity contribution in [2.75, 3.05) is 6.54 Å². The number of hydrogen-bond acceptors (Lipinski definition) is 4. The second-order valence-electron chi connectivity index (χ2n) is 3.96. The van der Waals surface area contributed by atoms with E-state index in [9.17, 15) is 4.79 Å². The average Bonchev–Trinajstić information content (AvgIpc) is 2.69. The molecule has 1 aliphatic rings. The zero-order valence-electron chi connectivity index (χ0n) is 9.93. The molecule has 0 atom stereocenters. The van der Waals surface area contributed by atoms with Crippen molar-refractivity contribution in [3.8, 4) is 0 Å². The van der Waals surface area contributed by atoms with Crippen molar-refractivity contribution in [2.45, 2.75) is 19.4 Å². The Morgan fingerprint density at radius 2 is 2.39 bits per heavy atom. The summed E-state index contributed by atoms with van der Waals surface area (Å²) >= 11 is 1.42. The Kier molecular flexibility index (Phi) is 3.61. The van der Waals surface area contributed by atoms with Crippen molar-refractivity contribution < 1.29 is 4.79 Å². The van der Waals surface area contributed by atoms with Gasteiger partial charge in [0.05, 0.1) is 12.2 Å². The molecule has 6 nitrogen and oxygen atoms in total. The average molecular weight is 265 g/mol. The molecule has 0 aromatic carbocycles. The third-order valence-corrected chi connectivity index (χ3v) is 3.59. The summed E-state index contributed by atoms with van der Waals surface area (Å²) in [6.45, 7) is 4.84. The Bertz CT molecular complexity index is 504. The lowest BCUT2D eigenvalue weighted by molar-refractivity contribution is -0.131. The van der Waals surface area contributed by atoms with E-state index in [1.807, 2.05) is 4.90 Å². The van der Waals surface area contributed by atoms with E-state index in [2.05, 4.69) is 16.6 Å². The van der Waals surface area contributed by atoms with E-state index >= 15 is 0 Å². The van der Waals surface area contributed by atoms with Crippen LogP contribution in [0.2, 0.25) is 0 Å². The molecule has 96 valence electrons. The van der Waals surface area contributed by atoms with Gasteiger partial charge < -0.3 is 16.4 Å². The standard InChI is InChI=1S/C11H15N5OS/c1-2-3-9(17)16-5-4-7-8(6-16)18-11(14-7)15-10(12)13/h2H,1,3-6H2,(H4,12,13,14,15). The summed E-state index contributed by atoms with van der Waals surface area (Å²) in [4.78, 5) is 22.9. The van der Waals surface area contributed by atoms with Crippen molar-refractivity contribution in [2.24, 2.45) is 16.5 Å². The molecule has 1 aliphatic heterocycles. The molecule has 0 bridgehead atoms. The summed E-state index contributed by atoms with van der Waals surface area (Å²) in [5.41, 5.74) is 11.6. The minimum Gasteiger partial charge on any atom is -0.370 e. The summed E-state index contributed by atoms with van der Waals surface area (Å²) in [6, 6.07) is 0. The third-order valence-electron chi connectivity index (χ3n) is 2.62. The van der Waals surface area contributed by atoms with Crippen LogP contribution in [0.5, 0.6) is 0 Å². The molecule has 18 heavy (non-hydrogen) atoms. The van der Waals surface area contributed by atoms with Gasteiger partial charge in [0.25, 0.3) is 0 Å². The van der Waals surface area contributed by atoms with E-state index in [1.54, 1.807) is 6.08 Å². The summed E-state index contributed by atoms with van der Waals surface area (Å²) < 4.78 is 0. The SMILES string of the molecule is C=CCC(=O)N1CCc2nc(N=C(N)N)sc2C1. The first-order valence-electron chi connectivity index (χ1n) is 5.57. The lowest BCUT2D eigenvalue weighted by Gasteiger charge is -2.25. The first kappa shape index (κ1) is 12.6. The largest absolute Gasteiger partial charge is 0.370 e. The molecule has 0 aliphatic carbocycles. The highest BCUT2D eigenvalue weighted by atomic mass is 32.1. The molecule has 1 amide bonds. The summed E-state index contributed by atoms with van der Waals surface area (Å²) in [7, 11) is 0. The third kappa shape index (κ3) is 2.67. The molecule has 0 unspecified atom stereocenters. The second kappa shape index (κ2) is 5.18. The number of guanidine groups is 1. The molecule has 7 heteroatoms. The number of fused-ring (bicyclic) bond motifs is 1. The molecule has 0 radical (unpaired) electrons. The van der Waals surface area contributed by atoms with Crippen molar-refractivity contribution in [3.05, 3.63) is 23.2 Å². The van der Waals surface area contributed by atoms with Crippen LogP contribution in [0.15, 0.2) is 17.6 Å². The number of amides is 1. The number of nitrogens with two attached hydrogens (primary N) is 2. The van der Waals surface area contributed by atoms with Crippen LogP contribution in [0, 0.1) is 0 Å². The predicted octanol–water partition coefficient (Wildman–Crippen LogP) is 0.509. The number of thiazole rings is 1. The Morgan fingerprint density at radius 1 is 1.61 bits per heavy atom. The fourth-order valence-electron chi connectivity index (χ4n) is 1.81. The van der Waals surface area contributed by atoms with Crippen LogP contribution in [0.4, 0.5) is 5.13 Å². The van der Waals surface area contributed by atoms with Gasteiger partial charge in [-0.1, -0.05) is 17.4 Å². The highest BCUT2D eigenvalue weighted by molar-refractivity contribution is 7.15. The smallest absolute Gasteiger partial charge is 0.226 e. The van der Waals surface area contributed by atoms with E-state index < -0.39 is 0 Å². The van der Waals surface area contributed by atoms with Gasteiger partial charge in [0.2, 0.25) is 11.0 Å². The normalized spacial score (nSPS) is 13.9. The number of carbonyl (C=O) groups excluding carboxylic acids is 1. The number of carbonyl (C=O) groups is 1. The zero-order chi connectivity index (χ0) is 13.1. The van der Waals surface area contributed by atoms with Gasteiger partial charge >= 0.3 is 0 Å². The Labute approximate surface area is 109 Å². The Morgan fingerprint density at radius 3 is 3.06 bits per heavy atom. The zero-order valence-corrected chi connectivity index (χ0v) is 10.7. The topological polar surface area (TPSA) is 97.6 Å².